The Morgan fingerprint density at radius 3 is 2.55 bits per heavy atom. The van der Waals surface area contributed by atoms with E-state index >= 15 is 0 Å². The van der Waals surface area contributed by atoms with Crippen molar-refractivity contribution < 1.29 is 27.6 Å². The number of amides is 1. The number of nitrogens with zero attached hydrogens (tertiary/aromatic N) is 3. The van der Waals surface area contributed by atoms with Crippen molar-refractivity contribution in [2.45, 2.75) is 13.5 Å². The van der Waals surface area contributed by atoms with E-state index in [4.69, 9.17) is 4.52 Å². The number of aliphatic imine (C=N–C) groups is 1. The number of halogens is 3. The molecule has 0 aliphatic carbocycles. The van der Waals surface area contributed by atoms with Crippen molar-refractivity contribution >= 4 is 17.7 Å². The molecule has 150 valence electrons. The number of rotatable bonds is 4. The fraction of sp³-hybridized carbons (Fsp3) is 0.111. The highest BCUT2D eigenvalue weighted by Crippen LogP contribution is 2.14. The van der Waals surface area contributed by atoms with Gasteiger partial charge in [-0.1, -0.05) is 11.2 Å². The van der Waals surface area contributed by atoms with Gasteiger partial charge in [-0.25, -0.2) is 13.2 Å². The quantitative estimate of drug-likeness (QED) is 0.348. The molecule has 3 rings (SSSR count). The number of hydrogen-bond donors (Lipinski definition) is 3. The summed E-state index contributed by atoms with van der Waals surface area (Å²) in [6.07, 6.45) is 0. The molecule has 0 fully saturated rings. The average molecular weight is 405 g/mol. The zero-order valence-electron chi connectivity index (χ0n) is 14.9. The molecular formula is C18H14F3N5O3. The number of pyridine rings is 1. The maximum absolute atomic E-state index is 13.4. The number of aryl methyl sites for hydroxylation is 1. The molecule has 3 aromatic rings. The number of guanidine groups is 1. The van der Waals surface area contributed by atoms with Crippen LogP contribution in [0.2, 0.25) is 0 Å². The Labute approximate surface area is 162 Å². The third-order valence-corrected chi connectivity index (χ3v) is 3.54. The van der Waals surface area contributed by atoms with Crippen LogP contribution < -0.4 is 10.6 Å². The highest BCUT2D eigenvalue weighted by Gasteiger charge is 2.14. The number of carbonyl (C=O) groups is 1. The van der Waals surface area contributed by atoms with Gasteiger partial charge in [-0.15, -0.1) is 0 Å². The van der Waals surface area contributed by atoms with E-state index in [9.17, 15) is 23.1 Å². The maximum atomic E-state index is 13.4. The number of anilines is 1. The first-order chi connectivity index (χ1) is 13.8. The van der Waals surface area contributed by atoms with Gasteiger partial charge in [0.2, 0.25) is 17.6 Å². The summed E-state index contributed by atoms with van der Waals surface area (Å²) in [6, 6.07) is 7.29. The summed E-state index contributed by atoms with van der Waals surface area (Å²) < 4.78 is 44.7. The van der Waals surface area contributed by atoms with Gasteiger partial charge < -0.3 is 20.3 Å². The first-order valence-electron chi connectivity index (χ1n) is 8.18. The van der Waals surface area contributed by atoms with Gasteiger partial charge in [-0.2, -0.15) is 9.98 Å². The Bertz CT molecular complexity index is 1060. The van der Waals surface area contributed by atoms with Crippen molar-refractivity contribution in [1.82, 2.24) is 15.5 Å². The minimum atomic E-state index is -1.58. The lowest BCUT2D eigenvalue weighted by molar-refractivity contribution is 0.0967. The molecule has 2 heterocycles. The molecular weight excluding hydrogens is 391 g/mol. The third kappa shape index (κ3) is 5.09. The molecule has 11 heteroatoms. The summed E-state index contributed by atoms with van der Waals surface area (Å²) in [4.78, 5) is 19.8. The minimum absolute atomic E-state index is 0.0581. The number of benzene rings is 1. The molecule has 8 nitrogen and oxygen atoms in total. The standard InChI is InChI=1S/C18H14F3N5O3/c1-9-5-13(29-26-9)17(28)25-18(24-14-3-2-4-15(27)23-14)22-8-10-6-11(19)16(21)12(20)7-10/h2-7H,8H2,1H3,(H3,22,23,24,25,27,28). The van der Waals surface area contributed by atoms with Crippen LogP contribution in [0.4, 0.5) is 19.0 Å². The van der Waals surface area contributed by atoms with E-state index in [1.807, 2.05) is 0 Å². The number of hydrogen-bond acceptors (Lipinski definition) is 5. The Balaban J connectivity index is 1.83. The molecule has 29 heavy (non-hydrogen) atoms. The number of aromatic nitrogens is 2. The molecule has 2 aromatic heterocycles. The van der Waals surface area contributed by atoms with Crippen LogP contribution in [-0.2, 0) is 6.54 Å². The van der Waals surface area contributed by atoms with E-state index in [0.717, 1.165) is 12.1 Å². The molecule has 0 bridgehead atoms. The molecule has 1 aromatic carbocycles. The van der Waals surface area contributed by atoms with Crippen LogP contribution in [0.5, 0.6) is 5.88 Å². The van der Waals surface area contributed by atoms with Crippen LogP contribution in [0, 0.1) is 24.4 Å². The smallest absolute Gasteiger partial charge is 0.318 e. The second-order valence-electron chi connectivity index (χ2n) is 5.83. The van der Waals surface area contributed by atoms with E-state index < -0.39 is 23.4 Å². The minimum Gasteiger partial charge on any atom is -0.493 e. The SMILES string of the molecule is Cc1cc(C(=O)/N=C(/NCc2cc(F)c(F)c(F)c2)Nc2cccc(O)n2)on1. The topological polar surface area (TPSA) is 113 Å². The van der Waals surface area contributed by atoms with Crippen molar-refractivity contribution in [3.05, 3.63) is 70.9 Å². The largest absolute Gasteiger partial charge is 0.493 e. The first kappa shape index (κ1) is 19.9. The monoisotopic (exact) mass is 405 g/mol. The first-order valence-corrected chi connectivity index (χ1v) is 8.18. The molecule has 0 saturated heterocycles. The zero-order chi connectivity index (χ0) is 21.0. The normalized spacial score (nSPS) is 11.4. The van der Waals surface area contributed by atoms with Crippen molar-refractivity contribution in [3.8, 4) is 5.88 Å². The average Bonchev–Trinajstić information content (AvgIpc) is 3.10. The predicted octanol–water partition coefficient (Wildman–Crippen LogP) is 2.90. The van der Waals surface area contributed by atoms with Gasteiger partial charge in [0, 0.05) is 18.7 Å². The molecule has 0 atom stereocenters. The molecule has 0 radical (unpaired) electrons. The summed E-state index contributed by atoms with van der Waals surface area (Å²) in [7, 11) is 0. The Kier molecular flexibility index (Phi) is 5.77. The van der Waals surface area contributed by atoms with Gasteiger partial charge in [0.05, 0.1) is 5.69 Å². The fourth-order valence-corrected chi connectivity index (χ4v) is 2.24. The molecule has 3 N–H and O–H groups in total. The van der Waals surface area contributed by atoms with E-state index in [0.29, 0.717) is 5.69 Å². The fourth-order valence-electron chi connectivity index (χ4n) is 2.24. The number of aromatic hydroxyl groups is 1. The lowest BCUT2D eigenvalue weighted by Crippen LogP contribution is -2.31. The van der Waals surface area contributed by atoms with E-state index in [-0.39, 0.29) is 35.5 Å². The molecule has 1 amide bonds. The summed E-state index contributed by atoms with van der Waals surface area (Å²) in [5, 5.41) is 18.4. The Morgan fingerprint density at radius 1 is 1.21 bits per heavy atom. The highest BCUT2D eigenvalue weighted by atomic mass is 19.2. The molecule has 0 spiro atoms. The lowest BCUT2D eigenvalue weighted by atomic mass is 10.2. The van der Waals surface area contributed by atoms with Crippen LogP contribution in [0.15, 0.2) is 45.9 Å². The van der Waals surface area contributed by atoms with E-state index in [1.54, 1.807) is 6.92 Å². The lowest BCUT2D eigenvalue weighted by Gasteiger charge is -2.12. The van der Waals surface area contributed by atoms with Gasteiger partial charge in [0.1, 0.15) is 5.82 Å². The van der Waals surface area contributed by atoms with Crippen LogP contribution in [-0.4, -0.2) is 27.1 Å². The van der Waals surface area contributed by atoms with Crippen molar-refractivity contribution in [3.63, 3.8) is 0 Å². The van der Waals surface area contributed by atoms with Crippen LogP contribution in [0.25, 0.3) is 0 Å². The van der Waals surface area contributed by atoms with Crippen molar-refractivity contribution in [2.24, 2.45) is 4.99 Å². The molecule has 0 aliphatic heterocycles. The van der Waals surface area contributed by atoms with Gasteiger partial charge in [-0.3, -0.25) is 4.79 Å². The van der Waals surface area contributed by atoms with Gasteiger partial charge in [-0.05, 0) is 30.7 Å². The molecule has 0 unspecified atom stereocenters. The Hall–Kier alpha value is -3.89. The third-order valence-electron chi connectivity index (χ3n) is 3.54. The number of nitrogens with one attached hydrogen (secondary N) is 2. The van der Waals surface area contributed by atoms with Crippen LogP contribution in [0.3, 0.4) is 0 Å². The van der Waals surface area contributed by atoms with Crippen LogP contribution in [0.1, 0.15) is 21.8 Å². The Morgan fingerprint density at radius 2 is 1.93 bits per heavy atom. The van der Waals surface area contributed by atoms with E-state index in [2.05, 4.69) is 25.8 Å². The molecule has 0 aliphatic rings. The van der Waals surface area contributed by atoms with E-state index in [1.165, 1.54) is 24.3 Å². The summed E-state index contributed by atoms with van der Waals surface area (Å²) in [5.74, 6) is -5.52. The second-order valence-corrected chi connectivity index (χ2v) is 5.83. The predicted molar refractivity (Wildman–Crippen MR) is 95.7 cm³/mol. The zero-order valence-corrected chi connectivity index (χ0v) is 14.9. The van der Waals surface area contributed by atoms with Gasteiger partial charge in [0.25, 0.3) is 0 Å². The summed E-state index contributed by atoms with van der Waals surface area (Å²) in [6.45, 7) is 1.41. The second kappa shape index (κ2) is 8.42. The molecule has 0 saturated carbocycles. The van der Waals surface area contributed by atoms with Crippen molar-refractivity contribution in [2.75, 3.05) is 5.32 Å². The number of carbonyl (C=O) groups excluding carboxylic acids is 1. The van der Waals surface area contributed by atoms with Gasteiger partial charge in [0.15, 0.2) is 17.5 Å². The maximum Gasteiger partial charge on any atom is 0.318 e. The van der Waals surface area contributed by atoms with Gasteiger partial charge >= 0.3 is 5.91 Å². The van der Waals surface area contributed by atoms with Crippen LogP contribution >= 0.6 is 0 Å². The summed E-state index contributed by atoms with van der Waals surface area (Å²) in [5.41, 5.74) is 0.528. The van der Waals surface area contributed by atoms with Crippen molar-refractivity contribution in [1.29, 1.82) is 0 Å². The highest BCUT2D eigenvalue weighted by molar-refractivity contribution is 6.05. The summed E-state index contributed by atoms with van der Waals surface area (Å²) >= 11 is 0.